The number of fused-ring (bicyclic) bond motifs is 2. The van der Waals surface area contributed by atoms with E-state index in [9.17, 15) is 4.79 Å². The van der Waals surface area contributed by atoms with Crippen LogP contribution in [0.25, 0.3) is 10.2 Å². The Labute approximate surface area is 140 Å². The fourth-order valence-corrected chi connectivity index (χ4v) is 5.29. The maximum atomic E-state index is 12.4. The number of thiophene rings is 2. The lowest BCUT2D eigenvalue weighted by atomic mass is 10.1. The summed E-state index contributed by atoms with van der Waals surface area (Å²) in [5.41, 5.74) is 2.26. The van der Waals surface area contributed by atoms with Crippen molar-refractivity contribution in [2.24, 2.45) is 0 Å². The Morgan fingerprint density at radius 3 is 3.14 bits per heavy atom. The summed E-state index contributed by atoms with van der Waals surface area (Å²) in [5, 5.41) is 5.03. The number of rotatable bonds is 3. The highest BCUT2D eigenvalue weighted by Crippen LogP contribution is 2.29. The molecule has 0 saturated carbocycles. The molecule has 1 aliphatic rings. The SMILES string of the molecule is O=C(CSc1ncnc2ccsc12)N1CCc2sccc2C1. The molecule has 0 aromatic carbocycles. The van der Waals surface area contributed by atoms with Crippen molar-refractivity contribution in [3.8, 4) is 0 Å². The molecule has 0 aliphatic carbocycles. The zero-order chi connectivity index (χ0) is 14.9. The molecule has 0 fully saturated rings. The molecule has 0 radical (unpaired) electrons. The van der Waals surface area contributed by atoms with Crippen LogP contribution in [0.15, 0.2) is 34.2 Å². The van der Waals surface area contributed by atoms with Gasteiger partial charge in [0.05, 0.1) is 16.0 Å². The number of hydrogen-bond acceptors (Lipinski definition) is 6. The molecule has 7 heteroatoms. The van der Waals surface area contributed by atoms with E-state index in [4.69, 9.17) is 0 Å². The third-order valence-corrected chi connectivity index (χ3v) is 6.74. The minimum absolute atomic E-state index is 0.185. The van der Waals surface area contributed by atoms with Crippen LogP contribution in [0, 0.1) is 0 Å². The van der Waals surface area contributed by atoms with Crippen molar-refractivity contribution >= 4 is 50.6 Å². The Hall–Kier alpha value is -1.44. The topological polar surface area (TPSA) is 46.1 Å². The Morgan fingerprint density at radius 1 is 1.27 bits per heavy atom. The average Bonchev–Trinajstić information content (AvgIpc) is 3.20. The normalized spacial score (nSPS) is 14.3. The summed E-state index contributed by atoms with van der Waals surface area (Å²) in [6, 6.07) is 4.11. The summed E-state index contributed by atoms with van der Waals surface area (Å²) in [7, 11) is 0. The number of hydrogen-bond donors (Lipinski definition) is 0. The monoisotopic (exact) mass is 347 g/mol. The zero-order valence-corrected chi connectivity index (χ0v) is 14.1. The van der Waals surface area contributed by atoms with Gasteiger partial charge in [-0.15, -0.1) is 22.7 Å². The van der Waals surface area contributed by atoms with Crippen LogP contribution >= 0.6 is 34.4 Å². The van der Waals surface area contributed by atoms with E-state index in [1.165, 1.54) is 22.2 Å². The van der Waals surface area contributed by atoms with E-state index >= 15 is 0 Å². The van der Waals surface area contributed by atoms with Crippen molar-refractivity contribution in [3.05, 3.63) is 39.7 Å². The van der Waals surface area contributed by atoms with Crippen LogP contribution in [-0.4, -0.2) is 33.1 Å². The molecule has 3 aromatic heterocycles. The first kappa shape index (κ1) is 14.2. The van der Waals surface area contributed by atoms with Gasteiger partial charge in [0.25, 0.3) is 0 Å². The second-order valence-corrected chi connectivity index (χ2v) is 7.92. The van der Waals surface area contributed by atoms with Gasteiger partial charge in [0.1, 0.15) is 11.4 Å². The maximum Gasteiger partial charge on any atom is 0.233 e. The van der Waals surface area contributed by atoms with Gasteiger partial charge < -0.3 is 4.90 Å². The number of aromatic nitrogens is 2. The summed E-state index contributed by atoms with van der Waals surface area (Å²) in [5.74, 6) is 0.619. The predicted molar refractivity (Wildman–Crippen MR) is 91.6 cm³/mol. The molecule has 0 spiro atoms. The molecule has 0 unspecified atom stereocenters. The molecular formula is C15H13N3OS3. The highest BCUT2D eigenvalue weighted by molar-refractivity contribution is 8.00. The number of carbonyl (C=O) groups excluding carboxylic acids is 1. The first-order valence-corrected chi connectivity index (χ1v) is 9.70. The van der Waals surface area contributed by atoms with Gasteiger partial charge in [0.15, 0.2) is 0 Å². The van der Waals surface area contributed by atoms with Crippen LogP contribution in [0.4, 0.5) is 0 Å². The predicted octanol–water partition coefficient (Wildman–Crippen LogP) is 3.43. The molecule has 0 bridgehead atoms. The molecule has 1 aliphatic heterocycles. The van der Waals surface area contributed by atoms with E-state index in [1.807, 2.05) is 16.3 Å². The first-order valence-electron chi connectivity index (χ1n) is 6.95. The lowest BCUT2D eigenvalue weighted by Crippen LogP contribution is -2.36. The number of nitrogens with zero attached hydrogens (tertiary/aromatic N) is 3. The lowest BCUT2D eigenvalue weighted by molar-refractivity contribution is -0.129. The molecule has 4 nitrogen and oxygen atoms in total. The molecule has 4 rings (SSSR count). The second kappa shape index (κ2) is 5.98. The van der Waals surface area contributed by atoms with Crippen LogP contribution in [-0.2, 0) is 17.8 Å². The van der Waals surface area contributed by atoms with E-state index < -0.39 is 0 Å². The third-order valence-electron chi connectivity index (χ3n) is 3.70. The largest absolute Gasteiger partial charge is 0.337 e. The molecule has 0 N–H and O–H groups in total. The van der Waals surface area contributed by atoms with Crippen LogP contribution in [0.5, 0.6) is 0 Å². The molecule has 22 heavy (non-hydrogen) atoms. The number of thioether (sulfide) groups is 1. The Morgan fingerprint density at radius 2 is 2.18 bits per heavy atom. The van der Waals surface area contributed by atoms with E-state index in [0.29, 0.717) is 5.75 Å². The number of carbonyl (C=O) groups is 1. The van der Waals surface area contributed by atoms with Crippen LogP contribution in [0.3, 0.4) is 0 Å². The summed E-state index contributed by atoms with van der Waals surface area (Å²) < 4.78 is 1.07. The van der Waals surface area contributed by atoms with E-state index in [-0.39, 0.29) is 5.91 Å². The Kier molecular flexibility index (Phi) is 3.85. The highest BCUT2D eigenvalue weighted by Gasteiger charge is 2.21. The van der Waals surface area contributed by atoms with Crippen molar-refractivity contribution in [1.29, 1.82) is 0 Å². The van der Waals surface area contributed by atoms with E-state index in [1.54, 1.807) is 29.0 Å². The van der Waals surface area contributed by atoms with E-state index in [0.717, 1.165) is 34.8 Å². The molecule has 112 valence electrons. The van der Waals surface area contributed by atoms with Gasteiger partial charge in [-0.3, -0.25) is 4.79 Å². The molecule has 1 amide bonds. The summed E-state index contributed by atoms with van der Waals surface area (Å²) in [6.07, 6.45) is 2.55. The van der Waals surface area contributed by atoms with Gasteiger partial charge >= 0.3 is 0 Å². The van der Waals surface area contributed by atoms with Crippen LogP contribution < -0.4 is 0 Å². The van der Waals surface area contributed by atoms with Gasteiger partial charge in [-0.1, -0.05) is 11.8 Å². The molecule has 4 heterocycles. The molecular weight excluding hydrogens is 334 g/mol. The van der Waals surface area contributed by atoms with Crippen LogP contribution in [0.2, 0.25) is 0 Å². The minimum atomic E-state index is 0.185. The molecule has 0 atom stereocenters. The van der Waals surface area contributed by atoms with Gasteiger partial charge in [0.2, 0.25) is 5.91 Å². The average molecular weight is 347 g/mol. The third kappa shape index (κ3) is 2.64. The molecule has 0 saturated heterocycles. The first-order chi connectivity index (χ1) is 10.8. The van der Waals surface area contributed by atoms with E-state index in [2.05, 4.69) is 21.4 Å². The van der Waals surface area contributed by atoms with Gasteiger partial charge in [0, 0.05) is 18.0 Å². The standard InChI is InChI=1S/C15H13N3OS3/c19-13(18-4-1-12-10(7-18)2-5-20-12)8-22-15-14-11(3-6-21-14)16-9-17-15/h2-3,5-6,9H,1,4,7-8H2. The zero-order valence-electron chi connectivity index (χ0n) is 11.7. The van der Waals surface area contributed by atoms with Crippen LogP contribution in [0.1, 0.15) is 10.4 Å². The molecule has 3 aromatic rings. The van der Waals surface area contributed by atoms with Gasteiger partial charge in [-0.25, -0.2) is 9.97 Å². The summed E-state index contributed by atoms with van der Waals surface area (Å²) >= 11 is 4.93. The Bertz CT molecular complexity index is 826. The smallest absolute Gasteiger partial charge is 0.233 e. The van der Waals surface area contributed by atoms with Crippen molar-refractivity contribution in [1.82, 2.24) is 14.9 Å². The highest BCUT2D eigenvalue weighted by atomic mass is 32.2. The fraction of sp³-hybridized carbons (Fsp3) is 0.267. The van der Waals surface area contributed by atoms with Gasteiger partial charge in [-0.2, -0.15) is 0 Å². The summed E-state index contributed by atoms with van der Waals surface area (Å²) in [4.78, 5) is 24.4. The minimum Gasteiger partial charge on any atom is -0.337 e. The lowest BCUT2D eigenvalue weighted by Gasteiger charge is -2.26. The quantitative estimate of drug-likeness (QED) is 0.538. The van der Waals surface area contributed by atoms with Gasteiger partial charge in [-0.05, 0) is 34.9 Å². The second-order valence-electron chi connectivity index (χ2n) is 5.04. The summed E-state index contributed by atoms with van der Waals surface area (Å²) in [6.45, 7) is 1.57. The maximum absolute atomic E-state index is 12.4. The van der Waals surface area contributed by atoms with Crippen molar-refractivity contribution in [3.63, 3.8) is 0 Å². The van der Waals surface area contributed by atoms with Crippen molar-refractivity contribution in [2.45, 2.75) is 18.0 Å². The van der Waals surface area contributed by atoms with Crippen molar-refractivity contribution < 1.29 is 4.79 Å². The fourth-order valence-electron chi connectivity index (χ4n) is 2.55. The Balaban J connectivity index is 1.44. The van der Waals surface area contributed by atoms with Crippen molar-refractivity contribution in [2.75, 3.05) is 12.3 Å². The number of amides is 1.